The molecule has 0 bridgehead atoms. The minimum atomic E-state index is -0.488. The average Bonchev–Trinajstić information content (AvgIpc) is 2.14. The van der Waals surface area contributed by atoms with E-state index in [0.717, 1.165) is 0 Å². The molecular formula is C11H23N3O2. The smallest absolute Gasteiger partial charge is 0.242 e. The molecule has 0 aromatic carbocycles. The molecule has 0 rings (SSSR count). The van der Waals surface area contributed by atoms with Crippen LogP contribution >= 0.6 is 0 Å². The van der Waals surface area contributed by atoms with Crippen LogP contribution < -0.4 is 16.4 Å². The standard InChI is InChI=1S/C11H23N3O2/c1-7(2)5-9(14-10(15)6-12)11(16)13-8(3)4/h7-9H,5-6,12H2,1-4H3,(H,13,16)(H,14,15)/t9-/m0/s1. The first-order valence-electron chi connectivity index (χ1n) is 5.66. The lowest BCUT2D eigenvalue weighted by Crippen LogP contribution is -2.50. The van der Waals surface area contributed by atoms with E-state index in [0.29, 0.717) is 12.3 Å². The fraction of sp³-hybridized carbons (Fsp3) is 0.818. The predicted octanol–water partition coefficient (Wildman–Crippen LogP) is 0.000600. The van der Waals surface area contributed by atoms with Gasteiger partial charge < -0.3 is 16.4 Å². The molecule has 0 aromatic rings. The molecule has 0 saturated heterocycles. The topological polar surface area (TPSA) is 84.2 Å². The van der Waals surface area contributed by atoms with Crippen LogP contribution in [0.4, 0.5) is 0 Å². The highest BCUT2D eigenvalue weighted by atomic mass is 16.2. The van der Waals surface area contributed by atoms with E-state index >= 15 is 0 Å². The number of carbonyl (C=O) groups excluding carboxylic acids is 2. The maximum Gasteiger partial charge on any atom is 0.242 e. The van der Waals surface area contributed by atoms with Crippen molar-refractivity contribution in [3.05, 3.63) is 0 Å². The van der Waals surface area contributed by atoms with Gasteiger partial charge in [-0.3, -0.25) is 9.59 Å². The van der Waals surface area contributed by atoms with E-state index in [4.69, 9.17) is 5.73 Å². The molecule has 5 nitrogen and oxygen atoms in total. The highest BCUT2D eigenvalue weighted by Gasteiger charge is 2.21. The first kappa shape index (κ1) is 14.9. The SMILES string of the molecule is CC(C)C[C@H](NC(=O)CN)C(=O)NC(C)C. The maximum absolute atomic E-state index is 11.8. The van der Waals surface area contributed by atoms with E-state index in [9.17, 15) is 9.59 Å². The molecule has 0 aliphatic carbocycles. The minimum Gasteiger partial charge on any atom is -0.352 e. The molecule has 4 N–H and O–H groups in total. The molecule has 2 amide bonds. The van der Waals surface area contributed by atoms with E-state index in [2.05, 4.69) is 10.6 Å². The summed E-state index contributed by atoms with van der Waals surface area (Å²) in [6, 6.07) is -0.421. The Balaban J connectivity index is 4.40. The first-order chi connectivity index (χ1) is 7.36. The summed E-state index contributed by atoms with van der Waals surface area (Å²) in [6.45, 7) is 7.68. The van der Waals surface area contributed by atoms with E-state index in [-0.39, 0.29) is 24.4 Å². The van der Waals surface area contributed by atoms with Crippen molar-refractivity contribution in [2.75, 3.05) is 6.54 Å². The van der Waals surface area contributed by atoms with Gasteiger partial charge in [0.2, 0.25) is 11.8 Å². The number of hydrogen-bond donors (Lipinski definition) is 3. The lowest BCUT2D eigenvalue weighted by Gasteiger charge is -2.21. The number of amides is 2. The summed E-state index contributed by atoms with van der Waals surface area (Å²) in [5, 5.41) is 5.41. The quantitative estimate of drug-likeness (QED) is 0.599. The van der Waals surface area contributed by atoms with Crippen molar-refractivity contribution in [1.82, 2.24) is 10.6 Å². The Bertz CT molecular complexity index is 239. The van der Waals surface area contributed by atoms with Gasteiger partial charge in [-0.05, 0) is 26.2 Å². The molecule has 0 unspecified atom stereocenters. The summed E-state index contributed by atoms with van der Waals surface area (Å²) in [6.07, 6.45) is 0.615. The Labute approximate surface area is 97.2 Å². The summed E-state index contributed by atoms with van der Waals surface area (Å²) in [4.78, 5) is 23.0. The number of nitrogens with one attached hydrogen (secondary N) is 2. The van der Waals surface area contributed by atoms with Crippen molar-refractivity contribution >= 4 is 11.8 Å². The van der Waals surface area contributed by atoms with Gasteiger partial charge in [0.1, 0.15) is 6.04 Å². The third-order valence-corrected chi connectivity index (χ3v) is 1.98. The van der Waals surface area contributed by atoms with Crippen molar-refractivity contribution in [2.24, 2.45) is 11.7 Å². The van der Waals surface area contributed by atoms with Crippen LogP contribution in [0.1, 0.15) is 34.1 Å². The zero-order chi connectivity index (χ0) is 12.7. The van der Waals surface area contributed by atoms with E-state index in [1.54, 1.807) is 0 Å². The average molecular weight is 229 g/mol. The summed E-state index contributed by atoms with van der Waals surface area (Å²) in [7, 11) is 0. The van der Waals surface area contributed by atoms with Gasteiger partial charge in [0.05, 0.1) is 6.54 Å². The third kappa shape index (κ3) is 6.40. The maximum atomic E-state index is 11.8. The van der Waals surface area contributed by atoms with Crippen LogP contribution in [0, 0.1) is 5.92 Å². The van der Waals surface area contributed by atoms with Crippen molar-refractivity contribution in [1.29, 1.82) is 0 Å². The van der Waals surface area contributed by atoms with Crippen LogP contribution in [0.5, 0.6) is 0 Å². The molecule has 1 atom stereocenters. The molecule has 5 heteroatoms. The number of nitrogens with two attached hydrogens (primary N) is 1. The fourth-order valence-corrected chi connectivity index (χ4v) is 1.34. The lowest BCUT2D eigenvalue weighted by atomic mass is 10.0. The lowest BCUT2D eigenvalue weighted by molar-refractivity contribution is -0.129. The van der Waals surface area contributed by atoms with Crippen molar-refractivity contribution in [2.45, 2.75) is 46.2 Å². The van der Waals surface area contributed by atoms with Crippen LogP contribution in [-0.2, 0) is 9.59 Å². The molecular weight excluding hydrogens is 206 g/mol. The summed E-state index contributed by atoms with van der Waals surface area (Å²) < 4.78 is 0. The molecule has 0 aliphatic rings. The van der Waals surface area contributed by atoms with Gasteiger partial charge in [-0.1, -0.05) is 13.8 Å². The van der Waals surface area contributed by atoms with Gasteiger partial charge in [-0.2, -0.15) is 0 Å². The van der Waals surface area contributed by atoms with Crippen LogP contribution in [0.2, 0.25) is 0 Å². The van der Waals surface area contributed by atoms with E-state index < -0.39 is 6.04 Å². The summed E-state index contributed by atoms with van der Waals surface area (Å²) in [5.41, 5.74) is 5.21. The van der Waals surface area contributed by atoms with Gasteiger partial charge in [0, 0.05) is 6.04 Å². The Morgan fingerprint density at radius 1 is 1.12 bits per heavy atom. The number of rotatable bonds is 6. The molecule has 0 radical (unpaired) electrons. The second-order valence-electron chi connectivity index (χ2n) is 4.62. The Hall–Kier alpha value is -1.10. The van der Waals surface area contributed by atoms with Crippen LogP contribution in [0.3, 0.4) is 0 Å². The molecule has 94 valence electrons. The molecule has 16 heavy (non-hydrogen) atoms. The first-order valence-corrected chi connectivity index (χ1v) is 5.66. The van der Waals surface area contributed by atoms with Gasteiger partial charge >= 0.3 is 0 Å². The second kappa shape index (κ2) is 7.22. The highest BCUT2D eigenvalue weighted by molar-refractivity contribution is 5.88. The molecule has 0 heterocycles. The van der Waals surface area contributed by atoms with Crippen molar-refractivity contribution in [3.8, 4) is 0 Å². The Kier molecular flexibility index (Phi) is 6.72. The fourth-order valence-electron chi connectivity index (χ4n) is 1.34. The summed E-state index contributed by atoms with van der Waals surface area (Å²) in [5.74, 6) is -0.115. The zero-order valence-corrected chi connectivity index (χ0v) is 10.5. The molecule has 0 spiro atoms. The van der Waals surface area contributed by atoms with Crippen LogP contribution in [0.15, 0.2) is 0 Å². The van der Waals surface area contributed by atoms with Gasteiger partial charge in [0.15, 0.2) is 0 Å². The second-order valence-corrected chi connectivity index (χ2v) is 4.62. The zero-order valence-electron chi connectivity index (χ0n) is 10.5. The molecule has 0 aliphatic heterocycles. The Morgan fingerprint density at radius 2 is 1.69 bits per heavy atom. The van der Waals surface area contributed by atoms with Crippen LogP contribution in [-0.4, -0.2) is 30.4 Å². The van der Waals surface area contributed by atoms with E-state index in [1.165, 1.54) is 0 Å². The molecule has 0 saturated carbocycles. The van der Waals surface area contributed by atoms with Crippen molar-refractivity contribution in [3.63, 3.8) is 0 Å². The molecule has 0 aromatic heterocycles. The molecule has 0 fully saturated rings. The monoisotopic (exact) mass is 229 g/mol. The number of carbonyl (C=O) groups is 2. The Morgan fingerprint density at radius 3 is 2.06 bits per heavy atom. The largest absolute Gasteiger partial charge is 0.352 e. The van der Waals surface area contributed by atoms with Gasteiger partial charge in [-0.25, -0.2) is 0 Å². The highest BCUT2D eigenvalue weighted by Crippen LogP contribution is 2.05. The normalized spacial score (nSPS) is 12.7. The van der Waals surface area contributed by atoms with Crippen molar-refractivity contribution < 1.29 is 9.59 Å². The third-order valence-electron chi connectivity index (χ3n) is 1.98. The predicted molar refractivity (Wildman–Crippen MR) is 63.7 cm³/mol. The van der Waals surface area contributed by atoms with Crippen LogP contribution in [0.25, 0.3) is 0 Å². The minimum absolute atomic E-state index is 0.0666. The van der Waals surface area contributed by atoms with Gasteiger partial charge in [0.25, 0.3) is 0 Å². The number of hydrogen-bond acceptors (Lipinski definition) is 3. The van der Waals surface area contributed by atoms with E-state index in [1.807, 2.05) is 27.7 Å². The van der Waals surface area contributed by atoms with Gasteiger partial charge in [-0.15, -0.1) is 0 Å². The summed E-state index contributed by atoms with van der Waals surface area (Å²) >= 11 is 0.